The number of hydrogen-bond acceptors (Lipinski definition) is 3. The first-order valence-electron chi connectivity index (χ1n) is 7.98. The largest absolute Gasteiger partial charge is 0.492 e. The van der Waals surface area contributed by atoms with E-state index in [1.54, 1.807) is 22.9 Å². The molecule has 0 radical (unpaired) electrons. The molecule has 1 saturated carbocycles. The average Bonchev–Trinajstić information content (AvgIpc) is 3.23. The minimum atomic E-state index is -0.0296. The molecule has 4 rings (SSSR count). The maximum absolute atomic E-state index is 11.9. The molecule has 0 N–H and O–H groups in total. The number of rotatable bonds is 5. The molecule has 0 spiro atoms. The van der Waals surface area contributed by atoms with Crippen LogP contribution >= 0.6 is 0 Å². The van der Waals surface area contributed by atoms with Gasteiger partial charge in [0.2, 0.25) is 0 Å². The van der Waals surface area contributed by atoms with Crippen LogP contribution in [0.5, 0.6) is 5.75 Å². The van der Waals surface area contributed by atoms with Gasteiger partial charge in [-0.1, -0.05) is 18.6 Å². The van der Waals surface area contributed by atoms with Crippen molar-refractivity contribution in [2.75, 3.05) is 13.2 Å². The quantitative estimate of drug-likeness (QED) is 0.795. The Labute approximate surface area is 129 Å². The summed E-state index contributed by atoms with van der Waals surface area (Å²) in [4.78, 5) is 14.4. The predicted molar refractivity (Wildman–Crippen MR) is 85.7 cm³/mol. The van der Waals surface area contributed by atoms with Gasteiger partial charge in [0.05, 0.1) is 11.7 Å². The molecule has 4 nitrogen and oxygen atoms in total. The first-order chi connectivity index (χ1) is 10.8. The summed E-state index contributed by atoms with van der Waals surface area (Å²) in [5, 5.41) is 0. The van der Waals surface area contributed by atoms with Gasteiger partial charge in [-0.05, 0) is 31.0 Å². The Morgan fingerprint density at radius 1 is 1.14 bits per heavy atom. The van der Waals surface area contributed by atoms with Crippen LogP contribution in [0.3, 0.4) is 0 Å². The van der Waals surface area contributed by atoms with Crippen molar-refractivity contribution in [2.45, 2.75) is 31.3 Å². The van der Waals surface area contributed by atoms with Gasteiger partial charge in [0, 0.05) is 30.9 Å². The first kappa shape index (κ1) is 13.6. The third-order valence-electron chi connectivity index (χ3n) is 4.66. The van der Waals surface area contributed by atoms with Crippen LogP contribution in [-0.4, -0.2) is 34.7 Å². The van der Waals surface area contributed by atoms with E-state index >= 15 is 0 Å². The second-order valence-corrected chi connectivity index (χ2v) is 6.15. The number of pyridine rings is 1. The van der Waals surface area contributed by atoms with Crippen LogP contribution in [0, 0.1) is 0 Å². The molecule has 1 aromatic heterocycles. The summed E-state index contributed by atoms with van der Waals surface area (Å²) >= 11 is 0. The summed E-state index contributed by atoms with van der Waals surface area (Å²) in [6.45, 7) is 1.91. The summed E-state index contributed by atoms with van der Waals surface area (Å²) in [5.74, 6) is 0.828. The Bertz CT molecular complexity index is 721. The topological polar surface area (TPSA) is 34.2 Å². The summed E-state index contributed by atoms with van der Waals surface area (Å²) in [5.41, 5.74) is 0.813. The monoisotopic (exact) mass is 296 g/mol. The highest BCUT2D eigenvalue weighted by Gasteiger charge is 2.42. The molecule has 1 aromatic carbocycles. The van der Waals surface area contributed by atoms with E-state index in [4.69, 9.17) is 4.74 Å². The van der Waals surface area contributed by atoms with E-state index in [0.29, 0.717) is 6.04 Å². The van der Waals surface area contributed by atoms with Crippen molar-refractivity contribution in [3.8, 4) is 11.4 Å². The van der Waals surface area contributed by atoms with Crippen molar-refractivity contribution in [1.29, 1.82) is 0 Å². The van der Waals surface area contributed by atoms with Gasteiger partial charge in [0.25, 0.3) is 5.56 Å². The second kappa shape index (κ2) is 5.61. The van der Waals surface area contributed by atoms with Crippen LogP contribution in [0.25, 0.3) is 5.69 Å². The fourth-order valence-corrected chi connectivity index (χ4v) is 3.07. The van der Waals surface area contributed by atoms with Crippen LogP contribution in [0.1, 0.15) is 19.3 Å². The van der Waals surface area contributed by atoms with E-state index < -0.39 is 0 Å². The lowest BCUT2D eigenvalue weighted by molar-refractivity contribution is 0.215. The molecule has 2 unspecified atom stereocenters. The smallest absolute Gasteiger partial charge is 0.255 e. The lowest BCUT2D eigenvalue weighted by Crippen LogP contribution is -2.29. The molecular weight excluding hydrogens is 276 g/mol. The molecular formula is C18H20N2O2. The molecule has 2 aromatic rings. The normalized spacial score (nSPS) is 23.8. The summed E-state index contributed by atoms with van der Waals surface area (Å²) in [6, 6.07) is 14.3. The number of nitrogens with zero attached hydrogens (tertiary/aromatic N) is 2. The highest BCUT2D eigenvalue weighted by molar-refractivity contribution is 5.39. The summed E-state index contributed by atoms with van der Waals surface area (Å²) < 4.78 is 7.55. The van der Waals surface area contributed by atoms with Gasteiger partial charge in [-0.15, -0.1) is 0 Å². The van der Waals surface area contributed by atoms with E-state index in [0.717, 1.165) is 24.1 Å². The molecule has 1 aliphatic carbocycles. The Morgan fingerprint density at radius 2 is 2.05 bits per heavy atom. The van der Waals surface area contributed by atoms with Gasteiger partial charge >= 0.3 is 0 Å². The van der Waals surface area contributed by atoms with Gasteiger partial charge < -0.3 is 4.74 Å². The van der Waals surface area contributed by atoms with E-state index in [9.17, 15) is 4.79 Å². The molecule has 114 valence electrons. The molecule has 1 aliphatic heterocycles. The molecule has 1 saturated heterocycles. The number of benzene rings is 1. The summed E-state index contributed by atoms with van der Waals surface area (Å²) in [7, 11) is 0. The Balaban J connectivity index is 1.42. The van der Waals surface area contributed by atoms with Gasteiger partial charge in [-0.25, -0.2) is 0 Å². The Hall–Kier alpha value is -2.07. The van der Waals surface area contributed by atoms with Gasteiger partial charge in [-0.3, -0.25) is 14.3 Å². The molecule has 2 aliphatic rings. The molecule has 22 heavy (non-hydrogen) atoms. The zero-order valence-corrected chi connectivity index (χ0v) is 12.5. The molecule has 2 atom stereocenters. The van der Waals surface area contributed by atoms with Gasteiger partial charge in [0.1, 0.15) is 12.4 Å². The average molecular weight is 296 g/mol. The van der Waals surface area contributed by atoms with E-state index in [2.05, 4.69) is 4.90 Å². The second-order valence-electron chi connectivity index (χ2n) is 6.15. The van der Waals surface area contributed by atoms with Gasteiger partial charge in [-0.2, -0.15) is 0 Å². The van der Waals surface area contributed by atoms with Crippen LogP contribution in [-0.2, 0) is 0 Å². The fraction of sp³-hybridized carbons (Fsp3) is 0.389. The van der Waals surface area contributed by atoms with Crippen LogP contribution < -0.4 is 10.3 Å². The SMILES string of the molecule is O=c1ccccn1-c1cccc(OCC2CN2C2CCC2)c1. The Kier molecular flexibility index (Phi) is 3.47. The predicted octanol–water partition coefficient (Wildman–Crippen LogP) is 2.45. The third kappa shape index (κ3) is 2.66. The minimum absolute atomic E-state index is 0.0296. The first-order valence-corrected chi connectivity index (χ1v) is 7.98. The lowest BCUT2D eigenvalue weighted by Gasteiger charge is -2.27. The van der Waals surface area contributed by atoms with Crippen molar-refractivity contribution in [2.24, 2.45) is 0 Å². The zero-order valence-electron chi connectivity index (χ0n) is 12.5. The fourth-order valence-electron chi connectivity index (χ4n) is 3.07. The standard InChI is InChI=1S/C18H20N2O2/c21-18-9-1-2-10-19(18)15-7-4-8-17(11-15)22-13-16-12-20(16)14-5-3-6-14/h1-2,4,7-11,14,16H,3,5-6,12-13H2. The van der Waals surface area contributed by atoms with E-state index in [1.807, 2.05) is 30.3 Å². The Morgan fingerprint density at radius 3 is 2.82 bits per heavy atom. The maximum atomic E-state index is 11.9. The van der Waals surface area contributed by atoms with E-state index in [1.165, 1.54) is 25.8 Å². The van der Waals surface area contributed by atoms with Crippen molar-refractivity contribution >= 4 is 0 Å². The van der Waals surface area contributed by atoms with Crippen LogP contribution in [0.2, 0.25) is 0 Å². The molecule has 2 fully saturated rings. The zero-order chi connectivity index (χ0) is 14.9. The highest BCUT2D eigenvalue weighted by atomic mass is 16.5. The summed E-state index contributed by atoms with van der Waals surface area (Å²) in [6.07, 6.45) is 5.86. The number of aromatic nitrogens is 1. The van der Waals surface area contributed by atoms with Crippen molar-refractivity contribution in [3.63, 3.8) is 0 Å². The number of ether oxygens (including phenoxy) is 1. The molecule has 2 heterocycles. The van der Waals surface area contributed by atoms with Crippen LogP contribution in [0.15, 0.2) is 53.5 Å². The number of hydrogen-bond donors (Lipinski definition) is 0. The van der Waals surface area contributed by atoms with Crippen molar-refractivity contribution in [3.05, 3.63) is 59.0 Å². The molecule has 4 heteroatoms. The molecule has 0 amide bonds. The maximum Gasteiger partial charge on any atom is 0.255 e. The third-order valence-corrected chi connectivity index (χ3v) is 4.66. The lowest BCUT2D eigenvalue weighted by atomic mass is 9.93. The van der Waals surface area contributed by atoms with Gasteiger partial charge in [0.15, 0.2) is 0 Å². The van der Waals surface area contributed by atoms with E-state index in [-0.39, 0.29) is 5.56 Å². The van der Waals surface area contributed by atoms with Crippen molar-refractivity contribution in [1.82, 2.24) is 9.47 Å². The van der Waals surface area contributed by atoms with Crippen molar-refractivity contribution < 1.29 is 4.74 Å². The minimum Gasteiger partial charge on any atom is -0.492 e. The van der Waals surface area contributed by atoms with Crippen LogP contribution in [0.4, 0.5) is 0 Å². The highest BCUT2D eigenvalue weighted by Crippen LogP contribution is 2.33. The molecule has 0 bridgehead atoms.